The predicted molar refractivity (Wildman–Crippen MR) is 88.1 cm³/mol. The minimum Gasteiger partial charge on any atom is -0.480 e. The molecule has 0 radical (unpaired) electrons. The Labute approximate surface area is 138 Å². The van der Waals surface area contributed by atoms with Gasteiger partial charge >= 0.3 is 5.97 Å². The number of aliphatic carboxylic acids is 1. The normalized spacial score (nSPS) is 11.0. The molecule has 0 atom stereocenters. The molecule has 126 valence electrons. The molecule has 0 aromatic heterocycles. The summed E-state index contributed by atoms with van der Waals surface area (Å²) < 4.78 is 25.6. The third kappa shape index (κ3) is 4.54. The second-order valence-electron chi connectivity index (χ2n) is 4.82. The quantitative estimate of drug-likeness (QED) is 0.571. The number of benzene rings is 2. The van der Waals surface area contributed by atoms with Gasteiger partial charge in [-0.3, -0.25) is 9.59 Å². The number of hydrogen-bond acceptors (Lipinski definition) is 5. The maximum absolute atomic E-state index is 12.1. The van der Waals surface area contributed by atoms with Crippen LogP contribution in [-0.4, -0.2) is 31.9 Å². The third-order valence-electron chi connectivity index (χ3n) is 2.98. The van der Waals surface area contributed by atoms with Gasteiger partial charge in [0.05, 0.1) is 4.90 Å². The van der Waals surface area contributed by atoms with E-state index in [1.165, 1.54) is 30.3 Å². The third-order valence-corrected chi connectivity index (χ3v) is 4.40. The summed E-state index contributed by atoms with van der Waals surface area (Å²) in [7, 11) is -3.92. The van der Waals surface area contributed by atoms with Gasteiger partial charge in [-0.25, -0.2) is 8.42 Å². The van der Waals surface area contributed by atoms with E-state index in [0.29, 0.717) is 16.9 Å². The van der Waals surface area contributed by atoms with Gasteiger partial charge in [-0.05, 0) is 42.5 Å². The van der Waals surface area contributed by atoms with Crippen LogP contribution in [0.3, 0.4) is 0 Å². The van der Waals surface area contributed by atoms with Gasteiger partial charge in [-0.2, -0.15) is 4.72 Å². The van der Waals surface area contributed by atoms with Crippen LogP contribution in [0.1, 0.15) is 10.4 Å². The molecule has 2 aromatic carbocycles. The fraction of sp³-hybridized carbons (Fsp3) is 0.0667. The van der Waals surface area contributed by atoms with Gasteiger partial charge in [0, 0.05) is 16.9 Å². The first-order valence-corrected chi connectivity index (χ1v) is 8.25. The lowest BCUT2D eigenvalue weighted by molar-refractivity contribution is -0.135. The summed E-state index contributed by atoms with van der Waals surface area (Å²) in [5, 5.41) is 11.1. The van der Waals surface area contributed by atoms with Gasteiger partial charge < -0.3 is 16.2 Å². The van der Waals surface area contributed by atoms with Crippen LogP contribution in [0.5, 0.6) is 0 Å². The minimum atomic E-state index is -3.92. The Kier molecular flexibility index (Phi) is 5.17. The number of carbonyl (C=O) groups is 2. The number of hydrogen-bond donors (Lipinski definition) is 4. The van der Waals surface area contributed by atoms with E-state index in [0.717, 1.165) is 0 Å². The molecule has 0 heterocycles. The molecule has 0 aliphatic carbocycles. The Hall–Kier alpha value is -2.91. The van der Waals surface area contributed by atoms with Crippen LogP contribution in [0.15, 0.2) is 53.4 Å². The van der Waals surface area contributed by atoms with Gasteiger partial charge in [-0.15, -0.1) is 0 Å². The molecule has 2 aromatic rings. The van der Waals surface area contributed by atoms with E-state index in [2.05, 4.69) is 5.32 Å². The minimum absolute atomic E-state index is 0.106. The molecule has 0 unspecified atom stereocenters. The number of nitrogens with two attached hydrogens (primary N) is 1. The summed E-state index contributed by atoms with van der Waals surface area (Å²) in [6, 6.07) is 11.7. The largest absolute Gasteiger partial charge is 0.480 e. The van der Waals surface area contributed by atoms with Crippen molar-refractivity contribution in [1.29, 1.82) is 0 Å². The average molecular weight is 349 g/mol. The molecule has 0 bridgehead atoms. The summed E-state index contributed by atoms with van der Waals surface area (Å²) in [5.41, 5.74) is 6.82. The number of anilines is 2. The van der Waals surface area contributed by atoms with Gasteiger partial charge in [0.25, 0.3) is 5.91 Å². The zero-order valence-corrected chi connectivity index (χ0v) is 13.2. The highest BCUT2D eigenvalue weighted by Gasteiger charge is 2.15. The molecule has 0 fully saturated rings. The average Bonchev–Trinajstić information content (AvgIpc) is 2.53. The maximum Gasteiger partial charge on any atom is 0.318 e. The SMILES string of the molecule is Nc1cccc(C(=O)Nc2ccc(S(=O)(=O)NCC(=O)O)cc2)c1. The highest BCUT2D eigenvalue weighted by molar-refractivity contribution is 7.89. The molecular formula is C15H15N3O5S. The highest BCUT2D eigenvalue weighted by atomic mass is 32.2. The van der Waals surface area contributed by atoms with Crippen molar-refractivity contribution in [3.63, 3.8) is 0 Å². The predicted octanol–water partition coefficient (Wildman–Crippen LogP) is 0.884. The number of sulfonamides is 1. The van der Waals surface area contributed by atoms with E-state index in [4.69, 9.17) is 10.8 Å². The van der Waals surface area contributed by atoms with E-state index < -0.39 is 22.5 Å². The molecule has 9 heteroatoms. The molecule has 2 rings (SSSR count). The van der Waals surface area contributed by atoms with Crippen molar-refractivity contribution < 1.29 is 23.1 Å². The Morgan fingerprint density at radius 1 is 1.08 bits per heavy atom. The molecule has 8 nitrogen and oxygen atoms in total. The van der Waals surface area contributed by atoms with Crippen molar-refractivity contribution in [2.75, 3.05) is 17.6 Å². The number of amides is 1. The molecule has 0 saturated heterocycles. The molecule has 5 N–H and O–H groups in total. The van der Waals surface area contributed by atoms with Crippen LogP contribution in [0.4, 0.5) is 11.4 Å². The van der Waals surface area contributed by atoms with Gasteiger partial charge in [-0.1, -0.05) is 6.07 Å². The van der Waals surface area contributed by atoms with Crippen LogP contribution >= 0.6 is 0 Å². The van der Waals surface area contributed by atoms with E-state index in [9.17, 15) is 18.0 Å². The Morgan fingerprint density at radius 3 is 2.33 bits per heavy atom. The lowest BCUT2D eigenvalue weighted by Crippen LogP contribution is -2.29. The molecule has 0 aliphatic heterocycles. The fourth-order valence-electron chi connectivity index (χ4n) is 1.84. The Morgan fingerprint density at radius 2 is 1.75 bits per heavy atom. The highest BCUT2D eigenvalue weighted by Crippen LogP contribution is 2.15. The van der Waals surface area contributed by atoms with Crippen LogP contribution in [0.2, 0.25) is 0 Å². The van der Waals surface area contributed by atoms with E-state index in [1.807, 2.05) is 4.72 Å². The number of rotatable bonds is 6. The van der Waals surface area contributed by atoms with Crippen LogP contribution in [-0.2, 0) is 14.8 Å². The number of nitrogen functional groups attached to an aromatic ring is 1. The molecule has 0 saturated carbocycles. The molecule has 0 spiro atoms. The van der Waals surface area contributed by atoms with Crippen LogP contribution < -0.4 is 15.8 Å². The topological polar surface area (TPSA) is 139 Å². The summed E-state index contributed by atoms with van der Waals surface area (Å²) in [6.45, 7) is -0.712. The monoisotopic (exact) mass is 349 g/mol. The summed E-state index contributed by atoms with van der Waals surface area (Å²) in [5.74, 6) is -1.67. The lowest BCUT2D eigenvalue weighted by atomic mass is 10.2. The first-order chi connectivity index (χ1) is 11.3. The van der Waals surface area contributed by atoms with Crippen molar-refractivity contribution in [1.82, 2.24) is 4.72 Å². The van der Waals surface area contributed by atoms with Crippen LogP contribution in [0.25, 0.3) is 0 Å². The zero-order chi connectivity index (χ0) is 17.7. The number of carboxylic acid groups (broad SMARTS) is 1. The first-order valence-electron chi connectivity index (χ1n) is 6.76. The van der Waals surface area contributed by atoms with Gasteiger partial charge in [0.2, 0.25) is 10.0 Å². The lowest BCUT2D eigenvalue weighted by Gasteiger charge is -2.08. The number of carboxylic acids is 1. The molecule has 1 amide bonds. The standard InChI is InChI=1S/C15H15N3O5S/c16-11-3-1-2-10(8-11)15(21)18-12-4-6-13(7-5-12)24(22,23)17-9-14(19)20/h1-8,17H,9,16H2,(H,18,21)(H,19,20). The van der Waals surface area contributed by atoms with E-state index in [1.54, 1.807) is 18.2 Å². The summed E-state index contributed by atoms with van der Waals surface area (Å²) in [4.78, 5) is 22.4. The number of nitrogens with one attached hydrogen (secondary N) is 2. The Balaban J connectivity index is 2.09. The van der Waals surface area contributed by atoms with Crippen molar-refractivity contribution in [3.05, 3.63) is 54.1 Å². The zero-order valence-electron chi connectivity index (χ0n) is 12.4. The number of carbonyl (C=O) groups excluding carboxylic acids is 1. The second-order valence-corrected chi connectivity index (χ2v) is 6.59. The van der Waals surface area contributed by atoms with Gasteiger partial charge in [0.15, 0.2) is 0 Å². The summed E-state index contributed by atoms with van der Waals surface area (Å²) in [6.07, 6.45) is 0. The van der Waals surface area contributed by atoms with E-state index in [-0.39, 0.29) is 10.8 Å². The van der Waals surface area contributed by atoms with Crippen molar-refractivity contribution in [2.24, 2.45) is 0 Å². The second kappa shape index (κ2) is 7.11. The van der Waals surface area contributed by atoms with Gasteiger partial charge in [0.1, 0.15) is 6.54 Å². The van der Waals surface area contributed by atoms with Crippen LogP contribution in [0, 0.1) is 0 Å². The first kappa shape index (κ1) is 17.4. The summed E-state index contributed by atoms with van der Waals surface area (Å²) >= 11 is 0. The maximum atomic E-state index is 12.1. The van der Waals surface area contributed by atoms with Crippen molar-refractivity contribution in [3.8, 4) is 0 Å². The fourth-order valence-corrected chi connectivity index (χ4v) is 2.82. The Bertz CT molecular complexity index is 863. The van der Waals surface area contributed by atoms with Crippen molar-refractivity contribution >= 4 is 33.3 Å². The molecular weight excluding hydrogens is 334 g/mol. The smallest absolute Gasteiger partial charge is 0.318 e. The van der Waals surface area contributed by atoms with Crippen molar-refractivity contribution in [2.45, 2.75) is 4.90 Å². The van der Waals surface area contributed by atoms with E-state index >= 15 is 0 Å². The molecule has 0 aliphatic rings. The molecule has 24 heavy (non-hydrogen) atoms.